The van der Waals surface area contributed by atoms with Crippen LogP contribution in [0.15, 0.2) is 42.5 Å². The SMILES string of the molecule is C#Cc1ccc(C(C(=O)Nc2c(C)cccc2C)N(C(=O)C(C)NC(=O)OC(C)(C)C)C(C)(C)C)cc1. The van der Waals surface area contributed by atoms with Crippen molar-refractivity contribution < 1.29 is 19.1 Å². The van der Waals surface area contributed by atoms with E-state index in [1.54, 1.807) is 52.0 Å². The second-order valence-corrected chi connectivity index (χ2v) is 11.2. The van der Waals surface area contributed by atoms with E-state index in [1.165, 1.54) is 4.90 Å². The van der Waals surface area contributed by atoms with Gasteiger partial charge in [0.25, 0.3) is 5.91 Å². The number of amides is 3. The molecule has 0 aliphatic heterocycles. The fourth-order valence-corrected chi connectivity index (χ4v) is 3.98. The molecule has 2 N–H and O–H groups in total. The summed E-state index contributed by atoms with van der Waals surface area (Å²) in [5.41, 5.74) is 2.25. The van der Waals surface area contributed by atoms with E-state index in [0.717, 1.165) is 11.1 Å². The van der Waals surface area contributed by atoms with Gasteiger partial charge >= 0.3 is 6.09 Å². The van der Waals surface area contributed by atoms with E-state index in [9.17, 15) is 14.4 Å². The molecule has 2 rings (SSSR count). The van der Waals surface area contributed by atoms with Crippen molar-refractivity contribution in [1.82, 2.24) is 10.2 Å². The van der Waals surface area contributed by atoms with E-state index >= 15 is 0 Å². The van der Waals surface area contributed by atoms with Crippen LogP contribution in [-0.4, -0.2) is 40.0 Å². The molecule has 2 aromatic rings. The van der Waals surface area contributed by atoms with Gasteiger partial charge in [0.2, 0.25) is 5.91 Å². The number of ether oxygens (including phenoxy) is 1. The lowest BCUT2D eigenvalue weighted by Crippen LogP contribution is -2.57. The van der Waals surface area contributed by atoms with E-state index in [1.807, 2.05) is 52.8 Å². The van der Waals surface area contributed by atoms with Gasteiger partial charge in [-0.15, -0.1) is 6.42 Å². The molecule has 37 heavy (non-hydrogen) atoms. The van der Waals surface area contributed by atoms with Crippen molar-refractivity contribution in [3.05, 3.63) is 64.7 Å². The Bertz CT molecular complexity index is 1160. The van der Waals surface area contributed by atoms with Crippen LogP contribution >= 0.6 is 0 Å². The molecule has 0 aliphatic carbocycles. The van der Waals surface area contributed by atoms with Crippen molar-refractivity contribution in [3.8, 4) is 12.3 Å². The second-order valence-electron chi connectivity index (χ2n) is 11.2. The fraction of sp³-hybridized carbons (Fsp3) is 0.433. The molecule has 3 amide bonds. The van der Waals surface area contributed by atoms with Crippen molar-refractivity contribution in [2.24, 2.45) is 0 Å². The lowest BCUT2D eigenvalue weighted by atomic mass is 9.94. The molecule has 198 valence electrons. The largest absolute Gasteiger partial charge is 0.444 e. The van der Waals surface area contributed by atoms with Gasteiger partial charge in [0.15, 0.2) is 0 Å². The summed E-state index contributed by atoms with van der Waals surface area (Å²) in [7, 11) is 0. The number of alkyl carbamates (subject to hydrolysis) is 1. The van der Waals surface area contributed by atoms with Gasteiger partial charge in [-0.2, -0.15) is 0 Å². The average Bonchev–Trinajstić information content (AvgIpc) is 2.77. The Balaban J connectivity index is 2.55. The lowest BCUT2D eigenvalue weighted by Gasteiger charge is -2.42. The van der Waals surface area contributed by atoms with Gasteiger partial charge in [-0.25, -0.2) is 4.79 Å². The van der Waals surface area contributed by atoms with E-state index in [4.69, 9.17) is 11.2 Å². The molecule has 7 nitrogen and oxygen atoms in total. The Morgan fingerprint density at radius 2 is 1.49 bits per heavy atom. The maximum Gasteiger partial charge on any atom is 0.408 e. The second kappa shape index (κ2) is 11.5. The highest BCUT2D eigenvalue weighted by Gasteiger charge is 2.41. The van der Waals surface area contributed by atoms with Crippen molar-refractivity contribution in [1.29, 1.82) is 0 Å². The molecule has 2 atom stereocenters. The van der Waals surface area contributed by atoms with E-state index in [-0.39, 0.29) is 5.91 Å². The predicted octanol–water partition coefficient (Wildman–Crippen LogP) is 5.50. The molecule has 0 bridgehead atoms. The van der Waals surface area contributed by atoms with Gasteiger partial charge in [-0.1, -0.05) is 36.3 Å². The number of carbonyl (C=O) groups excluding carboxylic acids is 3. The zero-order valence-electron chi connectivity index (χ0n) is 23.4. The molecule has 2 unspecified atom stereocenters. The number of hydrogen-bond acceptors (Lipinski definition) is 4. The van der Waals surface area contributed by atoms with Crippen LogP contribution in [0.5, 0.6) is 0 Å². The topological polar surface area (TPSA) is 87.7 Å². The monoisotopic (exact) mass is 505 g/mol. The molecule has 0 spiro atoms. The molecule has 0 fully saturated rings. The normalized spacial score (nSPS) is 13.1. The van der Waals surface area contributed by atoms with Crippen molar-refractivity contribution in [2.45, 2.75) is 85.5 Å². The summed E-state index contributed by atoms with van der Waals surface area (Å²) in [4.78, 5) is 41.7. The van der Waals surface area contributed by atoms with Crippen LogP contribution in [0.4, 0.5) is 10.5 Å². The fourth-order valence-electron chi connectivity index (χ4n) is 3.98. The summed E-state index contributed by atoms with van der Waals surface area (Å²) in [5.74, 6) is 1.77. The maximum absolute atomic E-state index is 13.9. The highest BCUT2D eigenvalue weighted by Crippen LogP contribution is 2.32. The zero-order chi connectivity index (χ0) is 28.1. The van der Waals surface area contributed by atoms with Crippen LogP contribution in [0.3, 0.4) is 0 Å². The van der Waals surface area contributed by atoms with Crippen LogP contribution < -0.4 is 10.6 Å². The van der Waals surface area contributed by atoms with Crippen LogP contribution in [0.25, 0.3) is 0 Å². The Kier molecular flexibility index (Phi) is 9.16. The third-order valence-electron chi connectivity index (χ3n) is 5.69. The van der Waals surface area contributed by atoms with Crippen molar-refractivity contribution in [2.75, 3.05) is 5.32 Å². The minimum Gasteiger partial charge on any atom is -0.444 e. The van der Waals surface area contributed by atoms with Crippen LogP contribution in [-0.2, 0) is 14.3 Å². The van der Waals surface area contributed by atoms with Gasteiger partial charge in [0.1, 0.15) is 17.7 Å². The number of terminal acetylenes is 1. The first-order valence-corrected chi connectivity index (χ1v) is 12.3. The van der Waals surface area contributed by atoms with Gasteiger partial charge in [0, 0.05) is 16.8 Å². The van der Waals surface area contributed by atoms with Gasteiger partial charge in [0.05, 0.1) is 0 Å². The molecule has 2 aromatic carbocycles. The molecule has 0 saturated carbocycles. The number of anilines is 1. The highest BCUT2D eigenvalue weighted by molar-refractivity contribution is 6.00. The minimum absolute atomic E-state index is 0.376. The van der Waals surface area contributed by atoms with Gasteiger partial charge in [-0.3, -0.25) is 9.59 Å². The van der Waals surface area contributed by atoms with E-state index in [2.05, 4.69) is 16.6 Å². The van der Waals surface area contributed by atoms with Crippen LogP contribution in [0.1, 0.15) is 76.8 Å². The maximum atomic E-state index is 13.9. The molecular weight excluding hydrogens is 466 g/mol. The highest BCUT2D eigenvalue weighted by atomic mass is 16.6. The molecule has 0 aromatic heterocycles. The Morgan fingerprint density at radius 1 is 0.946 bits per heavy atom. The van der Waals surface area contributed by atoms with Crippen LogP contribution in [0, 0.1) is 26.2 Å². The Hall–Kier alpha value is -3.79. The third kappa shape index (κ3) is 7.85. The summed E-state index contributed by atoms with van der Waals surface area (Å²) >= 11 is 0. The Labute approximate surface area is 221 Å². The van der Waals surface area contributed by atoms with E-state index < -0.39 is 35.2 Å². The first kappa shape index (κ1) is 29.4. The number of para-hydroxylation sites is 1. The van der Waals surface area contributed by atoms with Crippen molar-refractivity contribution >= 4 is 23.6 Å². The number of benzene rings is 2. The molecular formula is C30H39N3O4. The quantitative estimate of drug-likeness (QED) is 0.507. The summed E-state index contributed by atoms with van der Waals surface area (Å²) in [6, 6.07) is 10.8. The number of rotatable bonds is 6. The van der Waals surface area contributed by atoms with Crippen molar-refractivity contribution in [3.63, 3.8) is 0 Å². The first-order chi connectivity index (χ1) is 17.0. The number of aryl methyl sites for hydroxylation is 2. The minimum atomic E-state index is -0.999. The smallest absolute Gasteiger partial charge is 0.408 e. The molecule has 0 radical (unpaired) electrons. The van der Waals surface area contributed by atoms with Gasteiger partial charge < -0.3 is 20.3 Å². The summed E-state index contributed by atoms with van der Waals surface area (Å²) in [6.45, 7) is 16.2. The molecule has 7 heteroatoms. The predicted molar refractivity (Wildman–Crippen MR) is 147 cm³/mol. The third-order valence-corrected chi connectivity index (χ3v) is 5.69. The number of hydrogen-bond donors (Lipinski definition) is 2. The average molecular weight is 506 g/mol. The first-order valence-electron chi connectivity index (χ1n) is 12.3. The Morgan fingerprint density at radius 3 is 1.95 bits per heavy atom. The van der Waals surface area contributed by atoms with Crippen LogP contribution in [0.2, 0.25) is 0 Å². The number of nitrogens with zero attached hydrogens (tertiary/aromatic N) is 1. The zero-order valence-corrected chi connectivity index (χ0v) is 23.4. The summed E-state index contributed by atoms with van der Waals surface area (Å²) in [6.07, 6.45) is 4.82. The van der Waals surface area contributed by atoms with E-state index in [0.29, 0.717) is 16.8 Å². The lowest BCUT2D eigenvalue weighted by molar-refractivity contribution is -0.146. The number of nitrogens with one attached hydrogen (secondary N) is 2. The molecule has 0 heterocycles. The molecule has 0 aliphatic rings. The standard InChI is InChI=1S/C30H39N3O4/c1-11-22-15-17-23(18-16-22)25(26(34)32-24-19(2)13-12-14-20(24)3)33(29(5,6)7)27(35)21(4)31-28(36)37-30(8,9)10/h1,12-18,21,25H,2-10H3,(H,31,36)(H,32,34). The summed E-state index contributed by atoms with van der Waals surface area (Å²) < 4.78 is 5.33. The number of carbonyl (C=O) groups is 3. The molecule has 0 saturated heterocycles. The summed E-state index contributed by atoms with van der Waals surface area (Å²) in [5, 5.41) is 5.65. The van der Waals surface area contributed by atoms with Gasteiger partial charge in [-0.05, 0) is 91.1 Å².